The van der Waals surface area contributed by atoms with E-state index in [0.29, 0.717) is 19.1 Å². The van der Waals surface area contributed by atoms with Crippen LogP contribution in [0.1, 0.15) is 25.3 Å². The highest BCUT2D eigenvalue weighted by molar-refractivity contribution is 5.28. The molecule has 1 aliphatic rings. The molecule has 0 aliphatic carbocycles. The van der Waals surface area contributed by atoms with Gasteiger partial charge in [-0.3, -0.25) is 4.90 Å². The summed E-state index contributed by atoms with van der Waals surface area (Å²) in [6.07, 6.45) is -0.432. The van der Waals surface area contributed by atoms with Crippen LogP contribution in [-0.4, -0.2) is 67.4 Å². The molecule has 1 aliphatic heterocycles. The van der Waals surface area contributed by atoms with Crippen molar-refractivity contribution in [1.82, 2.24) is 9.80 Å². The number of ether oxygens (including phenoxy) is 1. The Balaban J connectivity index is 1.72. The van der Waals surface area contributed by atoms with Crippen LogP contribution in [0.2, 0.25) is 0 Å². The molecule has 1 N–H and O–H groups in total. The minimum absolute atomic E-state index is 0.355. The molecule has 1 fully saturated rings. The summed E-state index contributed by atoms with van der Waals surface area (Å²) in [5.41, 5.74) is 1.31. The summed E-state index contributed by atoms with van der Waals surface area (Å²) >= 11 is 0. The molecule has 0 unspecified atom stereocenters. The molecule has 1 saturated heterocycles. The van der Waals surface area contributed by atoms with E-state index in [1.807, 2.05) is 12.1 Å². The number of likely N-dealkylation sites (N-methyl/N-ethyl adjacent to an activating group) is 1. The molecular formula is C17H28N2O2. The predicted octanol–water partition coefficient (Wildman–Crippen LogP) is 1.80. The third-order valence-electron chi connectivity index (χ3n) is 4.05. The van der Waals surface area contributed by atoms with Crippen molar-refractivity contribution in [3.63, 3.8) is 0 Å². The molecule has 1 aromatic carbocycles. The van der Waals surface area contributed by atoms with Gasteiger partial charge in [0.25, 0.3) is 0 Å². The number of nitrogens with zero attached hydrogens (tertiary/aromatic N) is 2. The fourth-order valence-electron chi connectivity index (χ4n) is 2.52. The number of β-amino-alcohol motifs (C(OH)–C–C–N with tert-alkyl or cyclic N) is 1. The number of piperazine rings is 1. The highest BCUT2D eigenvalue weighted by atomic mass is 16.5. The summed E-state index contributed by atoms with van der Waals surface area (Å²) < 4.78 is 5.68. The first-order valence-electron chi connectivity index (χ1n) is 7.86. The number of rotatable bonds is 6. The van der Waals surface area contributed by atoms with Crippen molar-refractivity contribution in [1.29, 1.82) is 0 Å². The maximum Gasteiger partial charge on any atom is 0.119 e. The van der Waals surface area contributed by atoms with Gasteiger partial charge in [-0.2, -0.15) is 0 Å². The quantitative estimate of drug-likeness (QED) is 0.867. The molecule has 4 heteroatoms. The minimum atomic E-state index is -0.432. The van der Waals surface area contributed by atoms with Crippen molar-refractivity contribution in [2.24, 2.45) is 0 Å². The second-order valence-corrected chi connectivity index (χ2v) is 6.29. The van der Waals surface area contributed by atoms with Crippen molar-refractivity contribution in [2.45, 2.75) is 25.9 Å². The van der Waals surface area contributed by atoms with E-state index in [4.69, 9.17) is 4.74 Å². The maximum absolute atomic E-state index is 10.1. The summed E-state index contributed by atoms with van der Waals surface area (Å²) in [7, 11) is 2.14. The van der Waals surface area contributed by atoms with E-state index in [1.165, 1.54) is 5.56 Å². The average Bonchev–Trinajstić information content (AvgIpc) is 2.48. The van der Waals surface area contributed by atoms with Crippen molar-refractivity contribution in [3.05, 3.63) is 29.8 Å². The fourth-order valence-corrected chi connectivity index (χ4v) is 2.52. The van der Waals surface area contributed by atoms with E-state index in [2.05, 4.69) is 42.8 Å². The molecule has 21 heavy (non-hydrogen) atoms. The predicted molar refractivity (Wildman–Crippen MR) is 86.0 cm³/mol. The van der Waals surface area contributed by atoms with Gasteiger partial charge in [-0.25, -0.2) is 0 Å². The zero-order valence-electron chi connectivity index (χ0n) is 13.5. The van der Waals surface area contributed by atoms with Crippen LogP contribution in [0, 0.1) is 0 Å². The highest BCUT2D eigenvalue weighted by Gasteiger charge is 2.17. The Kier molecular flexibility index (Phi) is 6.03. The second-order valence-electron chi connectivity index (χ2n) is 6.29. The molecule has 0 saturated carbocycles. The van der Waals surface area contributed by atoms with Crippen LogP contribution in [0.15, 0.2) is 24.3 Å². The van der Waals surface area contributed by atoms with Gasteiger partial charge in [-0.1, -0.05) is 26.0 Å². The number of hydrogen-bond donors (Lipinski definition) is 1. The summed E-state index contributed by atoms with van der Waals surface area (Å²) in [6.45, 7) is 9.60. The Morgan fingerprint density at radius 3 is 2.29 bits per heavy atom. The topological polar surface area (TPSA) is 35.9 Å². The molecule has 118 valence electrons. The van der Waals surface area contributed by atoms with Gasteiger partial charge >= 0.3 is 0 Å². The normalized spacial score (nSPS) is 18.9. The van der Waals surface area contributed by atoms with E-state index in [9.17, 15) is 5.11 Å². The molecular weight excluding hydrogens is 264 g/mol. The fraction of sp³-hybridized carbons (Fsp3) is 0.647. The van der Waals surface area contributed by atoms with E-state index < -0.39 is 6.10 Å². The van der Waals surface area contributed by atoms with Gasteiger partial charge in [-0.05, 0) is 30.7 Å². The van der Waals surface area contributed by atoms with Crippen molar-refractivity contribution in [2.75, 3.05) is 46.4 Å². The first kappa shape index (κ1) is 16.3. The van der Waals surface area contributed by atoms with E-state index in [0.717, 1.165) is 31.9 Å². The monoisotopic (exact) mass is 292 g/mol. The zero-order valence-corrected chi connectivity index (χ0v) is 13.5. The van der Waals surface area contributed by atoms with Crippen LogP contribution >= 0.6 is 0 Å². The van der Waals surface area contributed by atoms with E-state index >= 15 is 0 Å². The summed E-state index contributed by atoms with van der Waals surface area (Å²) in [5.74, 6) is 1.36. The Hall–Kier alpha value is -1.10. The molecule has 0 aromatic heterocycles. The first-order chi connectivity index (χ1) is 10.0. The van der Waals surface area contributed by atoms with E-state index in [1.54, 1.807) is 0 Å². The lowest BCUT2D eigenvalue weighted by Gasteiger charge is -2.33. The largest absolute Gasteiger partial charge is 0.491 e. The maximum atomic E-state index is 10.1. The number of hydrogen-bond acceptors (Lipinski definition) is 4. The summed E-state index contributed by atoms with van der Waals surface area (Å²) in [5, 5.41) is 10.1. The van der Waals surface area contributed by atoms with Crippen molar-refractivity contribution < 1.29 is 9.84 Å². The van der Waals surface area contributed by atoms with Crippen LogP contribution in [0.25, 0.3) is 0 Å². The van der Waals surface area contributed by atoms with Crippen LogP contribution < -0.4 is 4.74 Å². The van der Waals surface area contributed by atoms with Gasteiger partial charge in [0.1, 0.15) is 18.5 Å². The molecule has 0 spiro atoms. The Bertz CT molecular complexity index is 411. The van der Waals surface area contributed by atoms with Crippen molar-refractivity contribution in [3.8, 4) is 5.75 Å². The molecule has 0 radical (unpaired) electrons. The Labute approximate surface area is 128 Å². The third-order valence-corrected chi connectivity index (χ3v) is 4.05. The van der Waals surface area contributed by atoms with Crippen LogP contribution in [0.4, 0.5) is 0 Å². The number of aliphatic hydroxyl groups is 1. The molecule has 1 atom stereocenters. The summed E-state index contributed by atoms with van der Waals surface area (Å²) in [4.78, 5) is 4.62. The smallest absolute Gasteiger partial charge is 0.119 e. The SMILES string of the molecule is CC(C)c1ccc(OC[C@H](O)CN2CCN(C)CC2)cc1. The number of benzene rings is 1. The third kappa shape index (κ3) is 5.30. The summed E-state index contributed by atoms with van der Waals surface area (Å²) in [6, 6.07) is 8.15. The molecule has 1 aromatic rings. The van der Waals surface area contributed by atoms with Gasteiger partial charge in [0.2, 0.25) is 0 Å². The minimum Gasteiger partial charge on any atom is -0.491 e. The molecule has 0 amide bonds. The van der Waals surface area contributed by atoms with E-state index in [-0.39, 0.29) is 0 Å². The van der Waals surface area contributed by atoms with Crippen LogP contribution in [0.5, 0.6) is 5.75 Å². The highest BCUT2D eigenvalue weighted by Crippen LogP contribution is 2.18. The standard InChI is InChI=1S/C17H28N2O2/c1-14(2)15-4-6-17(7-5-15)21-13-16(20)12-19-10-8-18(3)9-11-19/h4-7,14,16,20H,8-13H2,1-3H3/t16-/m1/s1. The van der Waals surface area contributed by atoms with Crippen LogP contribution in [0.3, 0.4) is 0 Å². The van der Waals surface area contributed by atoms with Crippen LogP contribution in [-0.2, 0) is 0 Å². The lowest BCUT2D eigenvalue weighted by Crippen LogP contribution is -2.47. The molecule has 1 heterocycles. The molecule has 2 rings (SSSR count). The van der Waals surface area contributed by atoms with Gasteiger partial charge in [0.15, 0.2) is 0 Å². The lowest BCUT2D eigenvalue weighted by molar-refractivity contribution is 0.0505. The number of aliphatic hydroxyl groups excluding tert-OH is 1. The van der Waals surface area contributed by atoms with Gasteiger partial charge in [0.05, 0.1) is 0 Å². The molecule has 0 bridgehead atoms. The average molecular weight is 292 g/mol. The van der Waals surface area contributed by atoms with Gasteiger partial charge in [-0.15, -0.1) is 0 Å². The van der Waals surface area contributed by atoms with Gasteiger partial charge < -0.3 is 14.7 Å². The van der Waals surface area contributed by atoms with Gasteiger partial charge in [0, 0.05) is 32.7 Å². The Morgan fingerprint density at radius 2 is 1.71 bits per heavy atom. The zero-order chi connectivity index (χ0) is 15.2. The van der Waals surface area contributed by atoms with Crippen molar-refractivity contribution >= 4 is 0 Å². The Morgan fingerprint density at radius 1 is 1.10 bits per heavy atom. The second kappa shape index (κ2) is 7.78. The lowest BCUT2D eigenvalue weighted by atomic mass is 10.0. The molecule has 4 nitrogen and oxygen atoms in total. The first-order valence-corrected chi connectivity index (χ1v) is 7.86.